The Morgan fingerprint density at radius 1 is 1.03 bits per heavy atom. The van der Waals surface area contributed by atoms with Crippen molar-refractivity contribution in [1.29, 1.82) is 0 Å². The minimum Gasteiger partial charge on any atom is -0.310 e. The van der Waals surface area contributed by atoms with Gasteiger partial charge in [-0.2, -0.15) is 18.3 Å². The number of nitrogens with one attached hydrogen (secondary N) is 2. The lowest BCUT2D eigenvalue weighted by Gasteiger charge is -2.42. The van der Waals surface area contributed by atoms with Crippen LogP contribution in [0, 0.1) is 11.2 Å². The average molecular weight is 509 g/mol. The zero-order valence-electron chi connectivity index (χ0n) is 19.5. The Hall–Kier alpha value is -3.71. The number of aryl methyl sites for hydroxylation is 1. The van der Waals surface area contributed by atoms with Gasteiger partial charge in [-0.1, -0.05) is 0 Å². The molecule has 190 valence electrons. The van der Waals surface area contributed by atoms with E-state index < -0.39 is 53.3 Å². The van der Waals surface area contributed by atoms with Crippen LogP contribution in [0.25, 0.3) is 22.6 Å². The molecule has 5 rings (SSSR count). The van der Waals surface area contributed by atoms with Crippen molar-refractivity contribution in [2.45, 2.75) is 57.9 Å². The Labute approximate surface area is 200 Å². The van der Waals surface area contributed by atoms with Crippen LogP contribution in [0.4, 0.5) is 33.6 Å². The van der Waals surface area contributed by atoms with Crippen LogP contribution in [0.15, 0.2) is 12.3 Å². The second-order valence-electron chi connectivity index (χ2n) is 9.82. The second-order valence-corrected chi connectivity index (χ2v) is 9.82. The Morgan fingerprint density at radius 2 is 1.64 bits per heavy atom. The quantitative estimate of drug-likeness (QED) is 0.516. The SMILES string of the molecule is CC(F)(CCn1nc(-c2nc3c4c(n2)NC(=O)[C@@]4(C)C(C)(C)C(=O)N3)c2cc(F)cnc21)C(F)(F)F. The van der Waals surface area contributed by atoms with Crippen LogP contribution >= 0.6 is 0 Å². The lowest BCUT2D eigenvalue weighted by atomic mass is 9.61. The fraction of sp³-hybridized carbons (Fsp3) is 0.455. The molecule has 2 aliphatic heterocycles. The highest BCUT2D eigenvalue weighted by Crippen LogP contribution is 2.54. The van der Waals surface area contributed by atoms with Crippen molar-refractivity contribution in [2.24, 2.45) is 5.41 Å². The van der Waals surface area contributed by atoms with E-state index in [1.807, 2.05) is 0 Å². The summed E-state index contributed by atoms with van der Waals surface area (Å²) < 4.78 is 68.3. The maximum Gasteiger partial charge on any atom is 0.422 e. The highest BCUT2D eigenvalue weighted by atomic mass is 19.4. The van der Waals surface area contributed by atoms with E-state index in [9.17, 15) is 31.5 Å². The Balaban J connectivity index is 1.65. The number of carbonyl (C=O) groups is 2. The second kappa shape index (κ2) is 7.17. The van der Waals surface area contributed by atoms with Gasteiger partial charge in [0.2, 0.25) is 17.5 Å². The highest BCUT2D eigenvalue weighted by molar-refractivity contribution is 6.15. The molecule has 0 saturated carbocycles. The molecule has 0 radical (unpaired) electrons. The van der Waals surface area contributed by atoms with Crippen molar-refractivity contribution in [3.63, 3.8) is 0 Å². The molecule has 14 heteroatoms. The number of rotatable bonds is 4. The standard InChI is InChI=1S/C22H20F5N7O2/c1-19(2)17(35)31-13-11-14(32-18(36)21(11,19)4)30-15(29-13)12-10-7-9(23)8-28-16(10)34(33-12)6-5-20(3,24)22(25,26)27/h7-8H,5-6H2,1-4H3,(H2,29,30,31,32,35,36)/t20?,21-/m0/s1. The minimum absolute atomic E-state index is 0.0128. The molecule has 2 amide bonds. The number of alkyl halides is 4. The van der Waals surface area contributed by atoms with Gasteiger partial charge < -0.3 is 10.6 Å². The van der Waals surface area contributed by atoms with Gasteiger partial charge in [0.1, 0.15) is 23.1 Å². The van der Waals surface area contributed by atoms with Crippen LogP contribution in [0.3, 0.4) is 0 Å². The molecule has 0 aliphatic carbocycles. The monoisotopic (exact) mass is 509 g/mol. The summed E-state index contributed by atoms with van der Waals surface area (Å²) in [6, 6.07) is 1.05. The van der Waals surface area contributed by atoms with E-state index in [4.69, 9.17) is 0 Å². The van der Waals surface area contributed by atoms with E-state index in [0.717, 1.165) is 16.9 Å². The van der Waals surface area contributed by atoms with Gasteiger partial charge in [-0.05, 0) is 33.8 Å². The Kier molecular flexibility index (Phi) is 4.78. The molecule has 0 bridgehead atoms. The Morgan fingerprint density at radius 3 is 2.25 bits per heavy atom. The lowest BCUT2D eigenvalue weighted by molar-refractivity contribution is -0.226. The summed E-state index contributed by atoms with van der Waals surface area (Å²) in [4.78, 5) is 38.4. The molecule has 0 spiro atoms. The van der Waals surface area contributed by atoms with E-state index >= 15 is 0 Å². The van der Waals surface area contributed by atoms with Crippen LogP contribution in [-0.2, 0) is 21.5 Å². The van der Waals surface area contributed by atoms with E-state index in [1.165, 1.54) is 0 Å². The van der Waals surface area contributed by atoms with Crippen LogP contribution in [0.5, 0.6) is 0 Å². The number of amides is 2. The molecule has 0 aromatic carbocycles. The predicted octanol–water partition coefficient (Wildman–Crippen LogP) is 3.90. The van der Waals surface area contributed by atoms with Gasteiger partial charge in [0.05, 0.1) is 28.0 Å². The van der Waals surface area contributed by atoms with Gasteiger partial charge in [0.25, 0.3) is 0 Å². The summed E-state index contributed by atoms with van der Waals surface area (Å²) in [6.07, 6.45) is -5.22. The van der Waals surface area contributed by atoms with Crippen molar-refractivity contribution in [2.75, 3.05) is 10.6 Å². The van der Waals surface area contributed by atoms with Crippen molar-refractivity contribution in [3.8, 4) is 11.5 Å². The molecule has 2 aliphatic rings. The molecule has 5 heterocycles. The largest absolute Gasteiger partial charge is 0.422 e. The molecular formula is C22H20F5N7O2. The fourth-order valence-corrected chi connectivity index (χ4v) is 4.47. The molecule has 2 atom stereocenters. The van der Waals surface area contributed by atoms with E-state index in [2.05, 4.69) is 30.7 Å². The summed E-state index contributed by atoms with van der Waals surface area (Å²) in [7, 11) is 0. The number of pyridine rings is 1. The average Bonchev–Trinajstić information content (AvgIpc) is 3.25. The summed E-state index contributed by atoms with van der Waals surface area (Å²) in [5, 5.41) is 9.59. The van der Waals surface area contributed by atoms with Crippen molar-refractivity contribution in [3.05, 3.63) is 23.6 Å². The van der Waals surface area contributed by atoms with Crippen LogP contribution in [0.1, 0.15) is 39.7 Å². The molecule has 9 nitrogen and oxygen atoms in total. The van der Waals surface area contributed by atoms with Gasteiger partial charge >= 0.3 is 6.18 Å². The number of fused-ring (bicyclic) bond motifs is 1. The number of hydrogen-bond acceptors (Lipinski definition) is 6. The van der Waals surface area contributed by atoms with Gasteiger partial charge in [-0.25, -0.2) is 28.4 Å². The zero-order valence-corrected chi connectivity index (χ0v) is 19.5. The van der Waals surface area contributed by atoms with Crippen LogP contribution < -0.4 is 10.6 Å². The van der Waals surface area contributed by atoms with Crippen LogP contribution in [0.2, 0.25) is 0 Å². The maximum atomic E-state index is 14.2. The first kappa shape index (κ1) is 24.0. The molecule has 2 N–H and O–H groups in total. The maximum absolute atomic E-state index is 14.2. The third kappa shape index (κ3) is 3.12. The summed E-state index contributed by atoms with van der Waals surface area (Å²) >= 11 is 0. The summed E-state index contributed by atoms with van der Waals surface area (Å²) in [5.74, 6) is -1.63. The molecule has 3 aromatic heterocycles. The predicted molar refractivity (Wildman–Crippen MR) is 117 cm³/mol. The first-order valence-corrected chi connectivity index (χ1v) is 10.9. The smallest absolute Gasteiger partial charge is 0.310 e. The first-order chi connectivity index (χ1) is 16.6. The molecular weight excluding hydrogens is 489 g/mol. The van der Waals surface area contributed by atoms with Crippen LogP contribution in [-0.4, -0.2) is 48.4 Å². The number of nitrogens with zero attached hydrogens (tertiary/aromatic N) is 5. The number of carbonyl (C=O) groups excluding carboxylic acids is 2. The fourth-order valence-electron chi connectivity index (χ4n) is 4.47. The summed E-state index contributed by atoms with van der Waals surface area (Å²) in [5.41, 5.74) is -5.58. The van der Waals surface area contributed by atoms with E-state index in [0.29, 0.717) is 12.5 Å². The number of anilines is 2. The van der Waals surface area contributed by atoms with Gasteiger partial charge in [-0.15, -0.1) is 0 Å². The van der Waals surface area contributed by atoms with Crippen molar-refractivity contribution in [1.82, 2.24) is 24.7 Å². The Bertz CT molecular complexity index is 1460. The third-order valence-electron chi connectivity index (χ3n) is 7.29. The molecule has 1 unspecified atom stereocenters. The molecule has 0 fully saturated rings. The van der Waals surface area contributed by atoms with Gasteiger partial charge in [0, 0.05) is 13.0 Å². The molecule has 36 heavy (non-hydrogen) atoms. The van der Waals surface area contributed by atoms with Crippen molar-refractivity contribution >= 4 is 34.5 Å². The third-order valence-corrected chi connectivity index (χ3v) is 7.29. The van der Waals surface area contributed by atoms with Gasteiger partial charge in [0.15, 0.2) is 11.5 Å². The van der Waals surface area contributed by atoms with E-state index in [1.54, 1.807) is 20.8 Å². The number of aromatic nitrogens is 5. The normalized spacial score (nSPS) is 22.2. The topological polar surface area (TPSA) is 115 Å². The van der Waals surface area contributed by atoms with Gasteiger partial charge in [-0.3, -0.25) is 9.59 Å². The zero-order chi connectivity index (χ0) is 26.4. The molecule has 0 saturated heterocycles. The highest BCUT2D eigenvalue weighted by Gasteiger charge is 2.61. The summed E-state index contributed by atoms with van der Waals surface area (Å²) in [6.45, 7) is 4.75. The first-order valence-electron chi connectivity index (χ1n) is 10.9. The van der Waals surface area contributed by atoms with E-state index in [-0.39, 0.29) is 34.2 Å². The number of halogens is 5. The minimum atomic E-state index is -5.10. The lowest BCUT2D eigenvalue weighted by Crippen LogP contribution is -2.54. The number of hydrogen-bond donors (Lipinski definition) is 2. The molecule has 3 aromatic rings. The van der Waals surface area contributed by atoms with Crippen molar-refractivity contribution < 1.29 is 31.5 Å².